The lowest BCUT2D eigenvalue weighted by Gasteiger charge is -2.39. The number of rotatable bonds is 4. The number of benzene rings is 3. The van der Waals surface area contributed by atoms with Gasteiger partial charge in [0.05, 0.1) is 19.2 Å². The number of amides is 1. The zero-order valence-corrected chi connectivity index (χ0v) is 17.1. The van der Waals surface area contributed by atoms with Crippen LogP contribution in [0.25, 0.3) is 0 Å². The van der Waals surface area contributed by atoms with Crippen molar-refractivity contribution in [3.63, 3.8) is 0 Å². The van der Waals surface area contributed by atoms with Gasteiger partial charge in [-0.3, -0.25) is 9.69 Å². The fourth-order valence-corrected chi connectivity index (χ4v) is 4.23. The van der Waals surface area contributed by atoms with Crippen LogP contribution in [0.3, 0.4) is 0 Å². The summed E-state index contributed by atoms with van der Waals surface area (Å²) in [5.41, 5.74) is 2.76. The Morgan fingerprint density at radius 2 is 1.58 bits per heavy atom. The molecule has 0 saturated carbocycles. The van der Waals surface area contributed by atoms with Gasteiger partial charge in [0.15, 0.2) is 0 Å². The normalized spacial score (nSPS) is 17.8. The maximum Gasteiger partial charge on any atom is 0.261 e. The second kappa shape index (κ2) is 8.07. The number of carbonyl (C=O) groups excluding carboxylic acids is 1. The average molecular weight is 410 g/mol. The van der Waals surface area contributed by atoms with Crippen LogP contribution in [-0.4, -0.2) is 27.8 Å². The minimum atomic E-state index is -0.179. The topological polar surface area (TPSA) is 60.2 Å². The third-order valence-electron chi connectivity index (χ3n) is 5.73. The first-order valence-corrected chi connectivity index (χ1v) is 10.2. The van der Waals surface area contributed by atoms with Gasteiger partial charge in [-0.25, -0.2) is 4.68 Å². The smallest absolute Gasteiger partial charge is 0.261 e. The highest BCUT2D eigenvalue weighted by Crippen LogP contribution is 2.42. The Morgan fingerprint density at radius 1 is 0.903 bits per heavy atom. The summed E-state index contributed by atoms with van der Waals surface area (Å²) in [6.45, 7) is 0. The largest absolute Gasteiger partial charge is 0.497 e. The van der Waals surface area contributed by atoms with E-state index < -0.39 is 0 Å². The van der Waals surface area contributed by atoms with Gasteiger partial charge in [-0.05, 0) is 35.7 Å². The molecule has 1 amide bonds. The zero-order chi connectivity index (χ0) is 21.2. The van der Waals surface area contributed by atoms with Gasteiger partial charge in [0, 0.05) is 5.56 Å². The van der Waals surface area contributed by atoms with Crippen molar-refractivity contribution in [1.29, 1.82) is 0 Å². The number of ether oxygens (including phenoxy) is 1. The van der Waals surface area contributed by atoms with E-state index in [0.29, 0.717) is 23.7 Å². The molecular weight excluding hydrogens is 388 g/mol. The molecule has 1 aliphatic rings. The average Bonchev–Trinajstić information content (AvgIpc) is 3.33. The minimum absolute atomic E-state index is 0.0155. The SMILES string of the molecule is COc1cccc(C(=O)N2c3ncnn3[C@@H](c3ccccc3)C[C@H]2c2ccccc2)c1. The van der Waals surface area contributed by atoms with Gasteiger partial charge in [-0.2, -0.15) is 10.1 Å². The van der Waals surface area contributed by atoms with E-state index in [2.05, 4.69) is 34.3 Å². The highest BCUT2D eigenvalue weighted by molar-refractivity contribution is 6.06. The summed E-state index contributed by atoms with van der Waals surface area (Å²) in [5.74, 6) is 1.05. The molecule has 0 saturated heterocycles. The number of hydrogen-bond donors (Lipinski definition) is 0. The lowest BCUT2D eigenvalue weighted by molar-refractivity contribution is 0.0963. The second-order valence-corrected chi connectivity index (χ2v) is 7.50. The highest BCUT2D eigenvalue weighted by atomic mass is 16.5. The number of hydrogen-bond acceptors (Lipinski definition) is 4. The molecule has 1 aliphatic heterocycles. The number of nitrogens with zero attached hydrogens (tertiary/aromatic N) is 4. The molecule has 154 valence electrons. The van der Waals surface area contributed by atoms with Crippen LogP contribution in [0.5, 0.6) is 5.75 Å². The summed E-state index contributed by atoms with van der Waals surface area (Å²) < 4.78 is 7.18. The van der Waals surface area contributed by atoms with Crippen molar-refractivity contribution in [2.24, 2.45) is 0 Å². The minimum Gasteiger partial charge on any atom is -0.497 e. The number of carbonyl (C=O) groups is 1. The highest BCUT2D eigenvalue weighted by Gasteiger charge is 2.39. The Bertz CT molecular complexity index is 1190. The molecule has 0 aliphatic carbocycles. The molecular formula is C25H22N4O2. The standard InChI is InChI=1S/C25H22N4O2/c1-31-21-14-8-13-20(15-21)24(30)28-22(18-9-4-2-5-10-18)16-23(19-11-6-3-7-12-19)29-25(28)26-17-27-29/h2-15,17,22-23H,16H2,1H3/t22-,23+/m0/s1. The summed E-state index contributed by atoms with van der Waals surface area (Å²) in [6.07, 6.45) is 2.21. The van der Waals surface area contributed by atoms with Crippen LogP contribution in [0.15, 0.2) is 91.3 Å². The van der Waals surface area contributed by atoms with Gasteiger partial charge in [-0.1, -0.05) is 66.7 Å². The van der Waals surface area contributed by atoms with Gasteiger partial charge in [0.2, 0.25) is 5.95 Å². The molecule has 31 heavy (non-hydrogen) atoms. The number of methoxy groups -OCH3 is 1. The van der Waals surface area contributed by atoms with E-state index in [9.17, 15) is 4.79 Å². The Labute approximate surface area is 180 Å². The molecule has 0 radical (unpaired) electrons. The number of anilines is 1. The molecule has 1 aromatic heterocycles. The van der Waals surface area contributed by atoms with Crippen molar-refractivity contribution in [3.05, 3.63) is 108 Å². The first-order valence-electron chi connectivity index (χ1n) is 10.2. The summed E-state index contributed by atoms with van der Waals surface area (Å²) in [4.78, 5) is 20.0. The predicted molar refractivity (Wildman–Crippen MR) is 118 cm³/mol. The lowest BCUT2D eigenvalue weighted by atomic mass is 9.91. The molecule has 0 spiro atoms. The van der Waals surface area contributed by atoms with Gasteiger partial charge in [0.25, 0.3) is 5.91 Å². The van der Waals surface area contributed by atoms with Gasteiger partial charge in [-0.15, -0.1) is 0 Å². The number of fused-ring (bicyclic) bond motifs is 1. The molecule has 6 nitrogen and oxygen atoms in total. The monoisotopic (exact) mass is 410 g/mol. The molecule has 0 N–H and O–H groups in total. The maximum atomic E-state index is 13.7. The van der Waals surface area contributed by atoms with Gasteiger partial charge >= 0.3 is 0 Å². The Morgan fingerprint density at radius 3 is 2.26 bits per heavy atom. The summed E-state index contributed by atoms with van der Waals surface area (Å²) >= 11 is 0. The molecule has 0 bridgehead atoms. The van der Waals surface area contributed by atoms with E-state index in [4.69, 9.17) is 4.74 Å². The summed E-state index contributed by atoms with van der Waals surface area (Å²) in [7, 11) is 1.60. The van der Waals surface area contributed by atoms with Crippen molar-refractivity contribution >= 4 is 11.9 Å². The van der Waals surface area contributed by atoms with Crippen LogP contribution >= 0.6 is 0 Å². The predicted octanol–water partition coefficient (Wildman–Crippen LogP) is 4.67. The van der Waals surface area contributed by atoms with E-state index >= 15 is 0 Å². The molecule has 4 aromatic rings. The van der Waals surface area contributed by atoms with Crippen molar-refractivity contribution in [2.45, 2.75) is 18.5 Å². The van der Waals surface area contributed by atoms with E-state index in [-0.39, 0.29) is 18.0 Å². The third kappa shape index (κ3) is 3.46. The first kappa shape index (κ1) is 19.1. The fraction of sp³-hybridized carbons (Fsp3) is 0.160. The third-order valence-corrected chi connectivity index (χ3v) is 5.73. The molecule has 6 heteroatoms. The van der Waals surface area contributed by atoms with Crippen LogP contribution in [0.2, 0.25) is 0 Å². The molecule has 0 unspecified atom stereocenters. The first-order chi connectivity index (χ1) is 15.3. The van der Waals surface area contributed by atoms with Crippen molar-refractivity contribution in [3.8, 4) is 5.75 Å². The molecule has 2 heterocycles. The van der Waals surface area contributed by atoms with Crippen molar-refractivity contribution in [2.75, 3.05) is 12.0 Å². The van der Waals surface area contributed by atoms with Crippen molar-refractivity contribution in [1.82, 2.24) is 14.8 Å². The van der Waals surface area contributed by atoms with E-state index in [1.165, 1.54) is 6.33 Å². The van der Waals surface area contributed by atoms with Crippen LogP contribution in [0, 0.1) is 0 Å². The van der Waals surface area contributed by atoms with E-state index in [0.717, 1.165) is 11.1 Å². The fourth-order valence-electron chi connectivity index (χ4n) is 4.23. The number of aromatic nitrogens is 3. The summed E-state index contributed by atoms with van der Waals surface area (Å²) in [6, 6.07) is 27.4. The molecule has 3 aromatic carbocycles. The maximum absolute atomic E-state index is 13.7. The van der Waals surface area contributed by atoms with Crippen molar-refractivity contribution < 1.29 is 9.53 Å². The second-order valence-electron chi connectivity index (χ2n) is 7.50. The Hall–Kier alpha value is -3.93. The van der Waals surface area contributed by atoms with E-state index in [1.54, 1.807) is 24.1 Å². The lowest BCUT2D eigenvalue weighted by Crippen LogP contribution is -2.42. The van der Waals surface area contributed by atoms with Crippen LogP contribution in [0.4, 0.5) is 5.95 Å². The van der Waals surface area contributed by atoms with E-state index in [1.807, 2.05) is 53.2 Å². The summed E-state index contributed by atoms with van der Waals surface area (Å²) in [5, 5.41) is 4.49. The molecule has 0 fully saturated rings. The molecule has 2 atom stereocenters. The van der Waals surface area contributed by atoms with Crippen LogP contribution in [-0.2, 0) is 0 Å². The molecule has 5 rings (SSSR count). The Kier molecular flexibility index (Phi) is 4.96. The van der Waals surface area contributed by atoms with Gasteiger partial charge < -0.3 is 4.74 Å². The Balaban J connectivity index is 1.64. The van der Waals surface area contributed by atoms with Crippen LogP contribution < -0.4 is 9.64 Å². The quantitative estimate of drug-likeness (QED) is 0.491. The van der Waals surface area contributed by atoms with Gasteiger partial charge in [0.1, 0.15) is 12.1 Å². The zero-order valence-electron chi connectivity index (χ0n) is 17.1. The van der Waals surface area contributed by atoms with Crippen LogP contribution in [0.1, 0.15) is 40.0 Å².